The monoisotopic (exact) mass is 1990 g/mol. The van der Waals surface area contributed by atoms with Crippen LogP contribution in [-0.2, 0) is 78.2 Å². The third kappa shape index (κ3) is 20.8. The number of hydrogen-bond donors (Lipinski definition) is 8. The van der Waals surface area contributed by atoms with E-state index < -0.39 is 109 Å². The summed E-state index contributed by atoms with van der Waals surface area (Å²) in [4.78, 5) is 218. The predicted octanol–water partition coefficient (Wildman–Crippen LogP) is 1.84. The molecule has 10 aliphatic rings. The van der Waals surface area contributed by atoms with E-state index in [1.165, 1.54) is 27.9 Å². The maximum atomic E-state index is 13.5. The predicted molar refractivity (Wildman–Crippen MR) is 517 cm³/mol. The van der Waals surface area contributed by atoms with E-state index in [9.17, 15) is 73.0 Å². The molecule has 17 unspecified atom stereocenters. The summed E-state index contributed by atoms with van der Waals surface area (Å²) in [6, 6.07) is -8.06. The van der Waals surface area contributed by atoms with Crippen molar-refractivity contribution in [1.82, 2.24) is 88.2 Å². The first-order chi connectivity index (χ1) is 66.1. The molecule has 52 heteroatoms. The van der Waals surface area contributed by atoms with E-state index in [1.807, 2.05) is 151 Å². The van der Waals surface area contributed by atoms with E-state index in [1.54, 1.807) is 67.8 Å². The van der Waals surface area contributed by atoms with E-state index in [0.29, 0.717) is 81.7 Å². The summed E-state index contributed by atoms with van der Waals surface area (Å²) in [5.41, 5.74) is 9.53. The molecule has 0 radical (unpaired) electrons. The van der Waals surface area contributed by atoms with Crippen molar-refractivity contribution >= 4 is 133 Å². The number of carbonyl (C=O) groups excluding carboxylic acids is 11. The Morgan fingerprint density at radius 1 is 0.387 bits per heavy atom. The van der Waals surface area contributed by atoms with Gasteiger partial charge in [-0.05, 0) is 151 Å². The second-order valence-corrected chi connectivity index (χ2v) is 40.7. The van der Waals surface area contributed by atoms with Crippen molar-refractivity contribution in [2.45, 2.75) is 302 Å². The van der Waals surface area contributed by atoms with Crippen LogP contribution in [0.2, 0.25) is 0 Å². The Morgan fingerprint density at radius 3 is 0.979 bits per heavy atom. The lowest BCUT2D eigenvalue weighted by molar-refractivity contribution is -0.283. The third-order valence-corrected chi connectivity index (χ3v) is 26.1. The van der Waals surface area contributed by atoms with Crippen LogP contribution < -0.4 is 46.2 Å². The number of alkyl carbamates (subject to hydrolysis) is 3. The highest BCUT2D eigenvalue weighted by Crippen LogP contribution is 2.42. The standard InChI is InChI=1S/C20H30N6O7.C20H30N6O6.C20H30N6O5.C17H26N6O4.C13H19N5O/c1-10-11(8-12(33-30)13(17(28)31-6)23-19(29)32-7)26-16(27)14-15(24(5)18(26)22-10)25(9-21-14)20(2,3)4;1-10-11(8-12(27)13(17(29)31-6)23-19(30)32-7)26-16(28)14-15(24(5)18(26)22-10)25(9-21-14)20(2,3)4;1-11-13(9-8-12(17(28)30-6)23-19(29)31-7)26-16(27)14-15(24(5)18(26)22-11)25(10-21-14)20(2,3)4;1-8-9(6-10(24)11(18)15(26)27)23-14(25)12-13(21(5)16(23)20-8)22(7-19-12)17(2,3)4;1-8-6-17-11(19)9-10(16(5)12(17)15-8)18(7-14-9)13(2,3)4/h9,12-15,30H,8H2,1-7H3,(H,23,29);9,12-15,27H,8H2,1-7H3,(H,23,30);10,12,14-15H,8-9H2,1-7H3,(H,23,29);7,10-13,24H,6,18H2,1-5H3,(H,26,27);6-7,9-10H,1-5H3. The van der Waals surface area contributed by atoms with Gasteiger partial charge >= 0.3 is 42.2 Å². The first-order valence-corrected chi connectivity index (χ1v) is 45.9. The van der Waals surface area contributed by atoms with Gasteiger partial charge in [0.25, 0.3) is 29.5 Å². The van der Waals surface area contributed by atoms with Crippen molar-refractivity contribution < 1.29 is 111 Å². The third-order valence-electron chi connectivity index (χ3n) is 26.1. The Balaban J connectivity index is 0.000000171. The van der Waals surface area contributed by atoms with Crippen LogP contribution in [0.3, 0.4) is 0 Å². The van der Waals surface area contributed by atoms with Crippen LogP contribution in [0.1, 0.15) is 185 Å². The van der Waals surface area contributed by atoms with Gasteiger partial charge in [0.05, 0.1) is 138 Å². The van der Waals surface area contributed by atoms with Crippen LogP contribution in [-0.4, -0.2) is 405 Å². The van der Waals surface area contributed by atoms with Crippen molar-refractivity contribution in [3.05, 3.63) is 57.4 Å². The molecule has 9 N–H and O–H groups in total. The number of aliphatic hydroxyl groups excluding tert-OH is 2. The maximum Gasteiger partial charge on any atom is 0.407 e. The van der Waals surface area contributed by atoms with Gasteiger partial charge in [-0.1, -0.05) is 0 Å². The zero-order valence-electron chi connectivity index (χ0n) is 86.1. The zero-order valence-corrected chi connectivity index (χ0v) is 86.1. The molecule has 15 heterocycles. The van der Waals surface area contributed by atoms with Crippen LogP contribution in [0.4, 0.5) is 44.1 Å². The van der Waals surface area contributed by atoms with Crippen LogP contribution >= 0.6 is 0 Å². The Morgan fingerprint density at radius 2 is 0.669 bits per heavy atom. The first kappa shape index (κ1) is 109. The summed E-state index contributed by atoms with van der Waals surface area (Å²) in [5, 5.41) is 46.5. The smallest absolute Gasteiger partial charge is 0.407 e. The lowest BCUT2D eigenvalue weighted by atomic mass is 10.0. The SMILES string of the molecule is COC(=O)NC(C(=O)OC)C(Cc1c(C)nc2n1C(=O)C1N=CN(C(C)(C)C)C1N2C)OO.COC(=O)NC(C(=O)OC)C(O)Cc1c(C)nc2n1C(=O)C1N=CN(C(C)(C)C)C1N2C.COC(=O)NC(CCc1c(C)nc2n1C(=O)C1N=CN(C(C)(C)C)C1N2C)C(=O)OC.Cc1cn2c(n1)N(C)C1C(N=CN1C(C)(C)C)C2=O.Cc1nc2n(c1CC(O)C(N)C(=O)O)C(=O)C1N=CN(C(C)(C)C)C1N2C. The molecule has 0 bridgehead atoms. The number of aryl methyl sites for hydroxylation is 5. The molecule has 10 aliphatic heterocycles. The molecule has 0 aliphatic carbocycles. The average Bonchev–Trinajstić information content (AvgIpc) is 1.59. The number of aromatic nitrogens is 10. The minimum Gasteiger partial charge on any atom is -0.480 e. The van der Waals surface area contributed by atoms with Crippen molar-refractivity contribution in [1.29, 1.82) is 0 Å². The van der Waals surface area contributed by atoms with E-state index >= 15 is 0 Å². The van der Waals surface area contributed by atoms with Gasteiger partial charge in [-0.3, -0.25) is 81.8 Å². The van der Waals surface area contributed by atoms with Crippen LogP contribution in [0, 0.1) is 34.6 Å². The molecular weight excluding hydrogens is 1860 g/mol. The van der Waals surface area contributed by atoms with Crippen molar-refractivity contribution in [2.24, 2.45) is 30.7 Å². The molecule has 17 atom stereocenters. The topological polar surface area (TPSA) is 596 Å². The van der Waals surface area contributed by atoms with E-state index in [2.05, 4.69) is 141 Å². The second-order valence-electron chi connectivity index (χ2n) is 40.7. The molecule has 778 valence electrons. The fourth-order valence-corrected chi connectivity index (χ4v) is 18.6. The lowest BCUT2D eigenvalue weighted by Gasteiger charge is -2.44. The number of imidazole rings is 5. The second kappa shape index (κ2) is 41.4. The summed E-state index contributed by atoms with van der Waals surface area (Å²) in [5.74, 6) is -2.06. The fraction of sp³-hybridized carbons (Fsp3) is 0.644. The normalized spacial score (nSPS) is 22.5. The van der Waals surface area contributed by atoms with E-state index in [4.69, 9.17) is 20.3 Å². The zero-order chi connectivity index (χ0) is 106. The Labute approximate surface area is 821 Å². The maximum absolute atomic E-state index is 13.5. The van der Waals surface area contributed by atoms with Crippen molar-refractivity contribution in [3.63, 3.8) is 0 Å². The molecule has 0 saturated carbocycles. The number of amides is 3. The number of carboxylic acid groups (broad SMARTS) is 1. The van der Waals surface area contributed by atoms with E-state index in [0.717, 1.165) is 34.1 Å². The highest BCUT2D eigenvalue weighted by molar-refractivity contribution is 5.98. The molecule has 15 rings (SSSR count). The Kier molecular flexibility index (Phi) is 31.7. The number of aliphatic carboxylic acids is 1. The summed E-state index contributed by atoms with van der Waals surface area (Å²) in [7, 11) is 16.4. The highest BCUT2D eigenvalue weighted by atomic mass is 17.1. The number of likely N-dealkylation sites (N-methyl/N-ethyl adjacent to an activating group) is 5. The summed E-state index contributed by atoms with van der Waals surface area (Å²) >= 11 is 0. The number of methoxy groups -OCH3 is 6. The van der Waals surface area contributed by atoms with Crippen molar-refractivity contribution in [2.75, 3.05) is 102 Å². The fourth-order valence-electron chi connectivity index (χ4n) is 18.6. The van der Waals surface area contributed by atoms with Gasteiger partial charge in [-0.2, -0.15) is 0 Å². The number of fused-ring (bicyclic) bond motifs is 10. The highest BCUT2D eigenvalue weighted by Gasteiger charge is 2.56. The molecular formula is C90H135N29O23. The number of nitrogens with one attached hydrogen (secondary N) is 3. The van der Waals surface area contributed by atoms with Gasteiger partial charge in [-0.15, -0.1) is 0 Å². The molecule has 52 nitrogen and oxygen atoms in total. The molecule has 5 aromatic heterocycles. The molecule has 3 amide bonds. The number of aliphatic hydroxyl groups is 2. The molecule has 0 fully saturated rings. The van der Waals surface area contributed by atoms with Crippen molar-refractivity contribution in [3.8, 4) is 0 Å². The summed E-state index contributed by atoms with van der Waals surface area (Å²) < 4.78 is 35.3. The quantitative estimate of drug-likeness (QED) is 0.0238. The molecule has 0 saturated heterocycles. The minimum absolute atomic E-state index is 0.00157. The summed E-state index contributed by atoms with van der Waals surface area (Å²) in [6.07, 6.45) is 2.71. The minimum atomic E-state index is -1.44. The largest absolute Gasteiger partial charge is 0.480 e. The molecule has 0 spiro atoms. The number of nitrogens with two attached hydrogens (primary N) is 1. The Hall–Kier alpha value is -13.8. The first-order valence-electron chi connectivity index (χ1n) is 45.9. The number of rotatable bonds is 20. The van der Waals surface area contributed by atoms with Gasteiger partial charge in [0.1, 0.15) is 49.0 Å². The Bertz CT molecular complexity index is 5810. The molecule has 0 aromatic carbocycles. The van der Waals surface area contributed by atoms with Crippen LogP contribution in [0.5, 0.6) is 0 Å². The molecule has 5 aromatic rings. The summed E-state index contributed by atoms with van der Waals surface area (Å²) in [6.45, 7) is 39.8. The lowest BCUT2D eigenvalue weighted by Crippen LogP contribution is -2.61. The van der Waals surface area contributed by atoms with Crippen LogP contribution in [0.25, 0.3) is 0 Å². The van der Waals surface area contributed by atoms with Gasteiger partial charge in [0.15, 0.2) is 42.3 Å². The average molecular weight is 1990 g/mol. The number of carbonyl (C=O) groups is 12. The number of esters is 3. The van der Waals surface area contributed by atoms with Gasteiger partial charge in [0.2, 0.25) is 29.7 Å². The van der Waals surface area contributed by atoms with Gasteiger partial charge < -0.3 is 114 Å². The number of aliphatic imine (C=N–C) groups is 5. The van der Waals surface area contributed by atoms with E-state index in [-0.39, 0.29) is 120 Å². The van der Waals surface area contributed by atoms with Crippen LogP contribution in [0.15, 0.2) is 31.2 Å². The number of nitrogens with zero attached hydrogens (tertiary/aromatic N) is 25. The van der Waals surface area contributed by atoms with Gasteiger partial charge in [-0.25, -0.2) is 58.6 Å². The number of carboxylic acids is 1. The van der Waals surface area contributed by atoms with Gasteiger partial charge in [0, 0.05) is 88.4 Å². The number of anilines is 5. The number of ether oxygens (including phenoxy) is 6. The molecule has 142 heavy (non-hydrogen) atoms. The number of hydrogen-bond acceptors (Lipinski definition) is 43.